The van der Waals surface area contributed by atoms with Gasteiger partial charge in [-0.25, -0.2) is 0 Å². The maximum atomic E-state index is 11.5. The molecule has 2 N–H and O–H groups in total. The molecule has 1 fully saturated rings. The number of benzene rings is 1. The zero-order chi connectivity index (χ0) is 12.3. The van der Waals surface area contributed by atoms with E-state index in [9.17, 15) is 9.59 Å². The summed E-state index contributed by atoms with van der Waals surface area (Å²) in [7, 11) is 0. The summed E-state index contributed by atoms with van der Waals surface area (Å²) in [4.78, 5) is 22.6. The van der Waals surface area contributed by atoms with Gasteiger partial charge in [-0.1, -0.05) is 37.3 Å². The van der Waals surface area contributed by atoms with Crippen molar-refractivity contribution in [2.75, 3.05) is 0 Å². The number of carbonyl (C=O) groups is 2. The zero-order valence-corrected chi connectivity index (χ0v) is 9.77. The molecule has 2 amide bonds. The van der Waals surface area contributed by atoms with E-state index in [2.05, 4.69) is 17.6 Å². The van der Waals surface area contributed by atoms with Crippen LogP contribution in [0, 0.1) is 0 Å². The molecule has 4 heteroatoms. The Hall–Kier alpha value is -1.68. The molecule has 1 aromatic carbocycles. The highest BCUT2D eigenvalue weighted by Crippen LogP contribution is 2.18. The summed E-state index contributed by atoms with van der Waals surface area (Å²) < 4.78 is 0. The molecule has 1 heterocycles. The maximum absolute atomic E-state index is 11.5. The molecule has 90 valence electrons. The largest absolute Gasteiger partial charge is 0.299 e. The fraction of sp³-hybridized carbons (Fsp3) is 0.385. The highest BCUT2D eigenvalue weighted by atomic mass is 16.2. The van der Waals surface area contributed by atoms with Crippen LogP contribution in [-0.2, 0) is 9.59 Å². The van der Waals surface area contributed by atoms with Gasteiger partial charge < -0.3 is 0 Å². The summed E-state index contributed by atoms with van der Waals surface area (Å²) in [5.41, 5.74) is 1.14. The van der Waals surface area contributed by atoms with E-state index >= 15 is 0 Å². The number of carbonyl (C=O) groups excluding carboxylic acids is 2. The molecule has 1 saturated heterocycles. The summed E-state index contributed by atoms with van der Waals surface area (Å²) >= 11 is 0. The molecule has 2 rings (SSSR count). The Morgan fingerprint density at radius 1 is 1.35 bits per heavy atom. The lowest BCUT2D eigenvalue weighted by Crippen LogP contribution is -2.38. The Bertz CT molecular complexity index is 417. The van der Waals surface area contributed by atoms with Crippen molar-refractivity contribution in [1.82, 2.24) is 10.6 Å². The van der Waals surface area contributed by atoms with Crippen molar-refractivity contribution in [3.8, 4) is 0 Å². The Balaban J connectivity index is 2.06. The number of nitrogens with one attached hydrogen (secondary N) is 2. The Morgan fingerprint density at radius 2 is 2.06 bits per heavy atom. The standard InChI is InChI=1S/C13H16N2O2/c1-2-10(9-6-4-3-5-7-9)14-11-8-12(16)15-13(11)17/h3-7,10-11,14H,2,8H2,1H3,(H,15,16,17). The minimum Gasteiger partial charge on any atom is -0.299 e. The van der Waals surface area contributed by atoms with Crippen molar-refractivity contribution in [3.05, 3.63) is 35.9 Å². The number of hydrogen-bond acceptors (Lipinski definition) is 3. The molecule has 0 aromatic heterocycles. The predicted octanol–water partition coefficient (Wildman–Crippen LogP) is 1.14. The summed E-state index contributed by atoms with van der Waals surface area (Å²) in [6.45, 7) is 2.05. The summed E-state index contributed by atoms with van der Waals surface area (Å²) in [5, 5.41) is 5.54. The third-order valence-electron chi connectivity index (χ3n) is 2.98. The molecule has 0 aliphatic carbocycles. The van der Waals surface area contributed by atoms with Gasteiger partial charge in [0.2, 0.25) is 11.8 Å². The third-order valence-corrected chi connectivity index (χ3v) is 2.98. The number of amides is 2. The fourth-order valence-electron chi connectivity index (χ4n) is 2.07. The van der Waals surface area contributed by atoms with E-state index in [1.54, 1.807) is 0 Å². The molecule has 0 bridgehead atoms. The van der Waals surface area contributed by atoms with E-state index in [-0.39, 0.29) is 24.3 Å². The van der Waals surface area contributed by atoms with Gasteiger partial charge in [-0.3, -0.25) is 20.2 Å². The molecular weight excluding hydrogens is 216 g/mol. The van der Waals surface area contributed by atoms with Crippen molar-refractivity contribution in [2.45, 2.75) is 31.8 Å². The van der Waals surface area contributed by atoms with E-state index in [0.717, 1.165) is 12.0 Å². The second-order valence-electron chi connectivity index (χ2n) is 4.21. The van der Waals surface area contributed by atoms with E-state index in [0.29, 0.717) is 0 Å². The topological polar surface area (TPSA) is 58.2 Å². The molecular formula is C13H16N2O2. The summed E-state index contributed by atoms with van der Waals surface area (Å²) in [6.07, 6.45) is 1.12. The van der Waals surface area contributed by atoms with E-state index in [1.165, 1.54) is 0 Å². The lowest BCUT2D eigenvalue weighted by molar-refractivity contribution is -0.125. The second-order valence-corrected chi connectivity index (χ2v) is 4.21. The maximum Gasteiger partial charge on any atom is 0.244 e. The van der Waals surface area contributed by atoms with E-state index in [1.807, 2.05) is 30.3 Å². The number of imide groups is 1. The number of rotatable bonds is 4. The highest BCUT2D eigenvalue weighted by Gasteiger charge is 2.31. The van der Waals surface area contributed by atoms with Crippen molar-refractivity contribution in [2.24, 2.45) is 0 Å². The normalized spacial score (nSPS) is 21.4. The van der Waals surface area contributed by atoms with Gasteiger partial charge >= 0.3 is 0 Å². The third kappa shape index (κ3) is 2.71. The minimum atomic E-state index is -0.396. The van der Waals surface area contributed by atoms with E-state index < -0.39 is 6.04 Å². The first-order valence-corrected chi connectivity index (χ1v) is 5.85. The van der Waals surface area contributed by atoms with Crippen LogP contribution in [0.3, 0.4) is 0 Å². The van der Waals surface area contributed by atoms with Gasteiger partial charge in [0.05, 0.1) is 12.5 Å². The lowest BCUT2D eigenvalue weighted by atomic mass is 10.0. The molecule has 0 radical (unpaired) electrons. The summed E-state index contributed by atoms with van der Waals surface area (Å²) in [5.74, 6) is -0.417. The van der Waals surface area contributed by atoms with Crippen LogP contribution in [0.4, 0.5) is 0 Å². The molecule has 0 spiro atoms. The molecule has 2 unspecified atom stereocenters. The average Bonchev–Trinajstić information content (AvgIpc) is 2.66. The van der Waals surface area contributed by atoms with Crippen molar-refractivity contribution in [3.63, 3.8) is 0 Å². The quantitative estimate of drug-likeness (QED) is 0.765. The van der Waals surface area contributed by atoms with Crippen LogP contribution < -0.4 is 10.6 Å². The van der Waals surface area contributed by atoms with Crippen LogP contribution in [-0.4, -0.2) is 17.9 Å². The zero-order valence-electron chi connectivity index (χ0n) is 9.77. The van der Waals surface area contributed by atoms with Crippen LogP contribution in [0.1, 0.15) is 31.4 Å². The average molecular weight is 232 g/mol. The van der Waals surface area contributed by atoms with Crippen LogP contribution in [0.15, 0.2) is 30.3 Å². The van der Waals surface area contributed by atoms with Crippen LogP contribution in [0.5, 0.6) is 0 Å². The molecule has 1 aliphatic heterocycles. The molecule has 0 saturated carbocycles. The second kappa shape index (κ2) is 5.10. The van der Waals surface area contributed by atoms with Gasteiger partial charge in [0.15, 0.2) is 0 Å². The van der Waals surface area contributed by atoms with Crippen LogP contribution >= 0.6 is 0 Å². The summed E-state index contributed by atoms with van der Waals surface area (Å²) in [6, 6.07) is 9.66. The monoisotopic (exact) mass is 232 g/mol. The molecule has 2 atom stereocenters. The van der Waals surface area contributed by atoms with Crippen LogP contribution in [0.25, 0.3) is 0 Å². The SMILES string of the molecule is CCC(NC1CC(=O)NC1=O)c1ccccc1. The molecule has 4 nitrogen and oxygen atoms in total. The van der Waals surface area contributed by atoms with Gasteiger partial charge in [-0.15, -0.1) is 0 Å². The predicted molar refractivity (Wildman–Crippen MR) is 64.2 cm³/mol. The highest BCUT2D eigenvalue weighted by molar-refractivity contribution is 6.05. The van der Waals surface area contributed by atoms with Gasteiger partial charge in [0, 0.05) is 6.04 Å². The molecule has 1 aromatic rings. The van der Waals surface area contributed by atoms with Gasteiger partial charge in [-0.05, 0) is 12.0 Å². The van der Waals surface area contributed by atoms with Crippen molar-refractivity contribution >= 4 is 11.8 Å². The Labute approximate surface area is 100 Å². The fourth-order valence-corrected chi connectivity index (χ4v) is 2.07. The number of hydrogen-bond donors (Lipinski definition) is 2. The van der Waals surface area contributed by atoms with Gasteiger partial charge in [-0.2, -0.15) is 0 Å². The lowest BCUT2D eigenvalue weighted by Gasteiger charge is -2.20. The van der Waals surface area contributed by atoms with Crippen molar-refractivity contribution in [1.29, 1.82) is 0 Å². The van der Waals surface area contributed by atoms with Crippen molar-refractivity contribution < 1.29 is 9.59 Å². The minimum absolute atomic E-state index is 0.109. The van der Waals surface area contributed by atoms with Gasteiger partial charge in [0.25, 0.3) is 0 Å². The smallest absolute Gasteiger partial charge is 0.244 e. The first kappa shape index (κ1) is 11.8. The van der Waals surface area contributed by atoms with Crippen LogP contribution in [0.2, 0.25) is 0 Å². The first-order valence-electron chi connectivity index (χ1n) is 5.85. The molecule has 1 aliphatic rings. The first-order chi connectivity index (χ1) is 8.20. The Kier molecular flexibility index (Phi) is 3.54. The van der Waals surface area contributed by atoms with Gasteiger partial charge in [0.1, 0.15) is 0 Å². The molecule has 17 heavy (non-hydrogen) atoms. The Morgan fingerprint density at radius 3 is 2.59 bits per heavy atom. The van der Waals surface area contributed by atoms with E-state index in [4.69, 9.17) is 0 Å².